The minimum atomic E-state index is -0.657. The fraction of sp³-hybridized carbons (Fsp3) is 0.538. The standard InChI is InChI=1S/C13H19F2NO/c1-3-7-16-11(4-2)9-17-13-6-5-10(14)8-12(13)15/h5-6,8,11,16H,3-4,7,9H2,1-2H3. The van der Waals surface area contributed by atoms with Gasteiger partial charge in [-0.15, -0.1) is 0 Å². The van der Waals surface area contributed by atoms with E-state index in [-0.39, 0.29) is 11.8 Å². The summed E-state index contributed by atoms with van der Waals surface area (Å²) in [4.78, 5) is 0. The summed E-state index contributed by atoms with van der Waals surface area (Å²) >= 11 is 0. The molecule has 0 heterocycles. The average molecular weight is 243 g/mol. The van der Waals surface area contributed by atoms with E-state index in [9.17, 15) is 8.78 Å². The Balaban J connectivity index is 2.47. The van der Waals surface area contributed by atoms with Crippen LogP contribution in [0.1, 0.15) is 26.7 Å². The molecule has 0 saturated heterocycles. The number of benzene rings is 1. The van der Waals surface area contributed by atoms with Gasteiger partial charge in [0.05, 0.1) is 0 Å². The molecule has 0 saturated carbocycles. The van der Waals surface area contributed by atoms with E-state index in [1.165, 1.54) is 12.1 Å². The van der Waals surface area contributed by atoms with Crippen LogP contribution in [0.25, 0.3) is 0 Å². The highest BCUT2D eigenvalue weighted by Gasteiger charge is 2.09. The Hall–Kier alpha value is -1.16. The molecular weight excluding hydrogens is 224 g/mol. The third-order valence-corrected chi connectivity index (χ3v) is 2.51. The first kappa shape index (κ1) is 13.9. The fourth-order valence-corrected chi connectivity index (χ4v) is 1.45. The van der Waals surface area contributed by atoms with Crippen LogP contribution >= 0.6 is 0 Å². The molecule has 2 nitrogen and oxygen atoms in total. The minimum Gasteiger partial charge on any atom is -0.489 e. The fourth-order valence-electron chi connectivity index (χ4n) is 1.45. The first-order valence-corrected chi connectivity index (χ1v) is 5.98. The molecule has 0 amide bonds. The number of ether oxygens (including phenoxy) is 1. The SMILES string of the molecule is CCCNC(CC)COc1ccc(F)cc1F. The molecule has 0 fully saturated rings. The Labute approximate surface area is 101 Å². The van der Waals surface area contributed by atoms with E-state index >= 15 is 0 Å². The summed E-state index contributed by atoms with van der Waals surface area (Å²) in [5, 5.41) is 3.30. The van der Waals surface area contributed by atoms with E-state index < -0.39 is 11.6 Å². The van der Waals surface area contributed by atoms with Gasteiger partial charge in [0.1, 0.15) is 12.4 Å². The van der Waals surface area contributed by atoms with Crippen LogP contribution in [-0.4, -0.2) is 19.2 Å². The lowest BCUT2D eigenvalue weighted by Gasteiger charge is -2.17. The molecule has 0 aliphatic rings. The van der Waals surface area contributed by atoms with Crippen molar-refractivity contribution in [2.45, 2.75) is 32.7 Å². The molecule has 0 bridgehead atoms. The molecule has 1 N–H and O–H groups in total. The highest BCUT2D eigenvalue weighted by Crippen LogP contribution is 2.17. The second-order valence-electron chi connectivity index (χ2n) is 3.95. The van der Waals surface area contributed by atoms with E-state index in [2.05, 4.69) is 12.2 Å². The van der Waals surface area contributed by atoms with E-state index in [1.54, 1.807) is 0 Å². The smallest absolute Gasteiger partial charge is 0.167 e. The Kier molecular flexibility index (Phi) is 5.91. The highest BCUT2D eigenvalue weighted by molar-refractivity contribution is 5.24. The largest absolute Gasteiger partial charge is 0.489 e. The first-order chi connectivity index (χ1) is 8.17. The predicted octanol–water partition coefficient (Wildman–Crippen LogP) is 3.12. The molecular formula is C13H19F2NO. The van der Waals surface area contributed by atoms with Crippen LogP contribution in [0.3, 0.4) is 0 Å². The molecule has 0 spiro atoms. The van der Waals surface area contributed by atoms with Crippen molar-refractivity contribution in [3.05, 3.63) is 29.8 Å². The van der Waals surface area contributed by atoms with E-state index in [1.807, 2.05) is 6.92 Å². The summed E-state index contributed by atoms with van der Waals surface area (Å²) in [6, 6.07) is 3.53. The van der Waals surface area contributed by atoms with Crippen LogP contribution < -0.4 is 10.1 Å². The van der Waals surface area contributed by atoms with Crippen molar-refractivity contribution in [2.24, 2.45) is 0 Å². The molecule has 17 heavy (non-hydrogen) atoms. The number of nitrogens with one attached hydrogen (secondary N) is 1. The van der Waals surface area contributed by atoms with Gasteiger partial charge in [0.2, 0.25) is 0 Å². The molecule has 0 radical (unpaired) electrons. The molecule has 1 aromatic rings. The minimum absolute atomic E-state index is 0.100. The molecule has 1 aromatic carbocycles. The molecule has 1 unspecified atom stereocenters. The van der Waals surface area contributed by atoms with Crippen molar-refractivity contribution >= 4 is 0 Å². The maximum absolute atomic E-state index is 13.3. The van der Waals surface area contributed by atoms with Crippen LogP contribution in [0.15, 0.2) is 18.2 Å². The lowest BCUT2D eigenvalue weighted by Crippen LogP contribution is -2.34. The molecule has 0 aromatic heterocycles. The topological polar surface area (TPSA) is 21.3 Å². The Morgan fingerprint density at radius 1 is 1.29 bits per heavy atom. The number of hydrogen-bond donors (Lipinski definition) is 1. The molecule has 0 aliphatic carbocycles. The Bertz CT molecular complexity index is 344. The van der Waals surface area contributed by atoms with Gasteiger partial charge < -0.3 is 10.1 Å². The van der Waals surface area contributed by atoms with Crippen LogP contribution in [0, 0.1) is 11.6 Å². The monoisotopic (exact) mass is 243 g/mol. The molecule has 0 aliphatic heterocycles. The van der Waals surface area contributed by atoms with Crippen molar-refractivity contribution in [2.75, 3.05) is 13.2 Å². The number of hydrogen-bond acceptors (Lipinski definition) is 2. The summed E-state index contributed by atoms with van der Waals surface area (Å²) < 4.78 is 31.3. The van der Waals surface area contributed by atoms with Gasteiger partial charge in [-0.3, -0.25) is 0 Å². The number of halogens is 2. The lowest BCUT2D eigenvalue weighted by atomic mass is 10.2. The zero-order valence-electron chi connectivity index (χ0n) is 10.3. The summed E-state index contributed by atoms with van der Waals surface area (Å²) in [5.74, 6) is -1.15. The third kappa shape index (κ3) is 4.69. The van der Waals surface area contributed by atoms with Gasteiger partial charge >= 0.3 is 0 Å². The summed E-state index contributed by atoms with van der Waals surface area (Å²) in [7, 11) is 0. The second kappa shape index (κ2) is 7.22. The van der Waals surface area contributed by atoms with Crippen molar-refractivity contribution in [3.63, 3.8) is 0 Å². The van der Waals surface area contributed by atoms with Crippen molar-refractivity contribution < 1.29 is 13.5 Å². The Morgan fingerprint density at radius 2 is 2.06 bits per heavy atom. The van der Waals surface area contributed by atoms with Crippen molar-refractivity contribution in [1.29, 1.82) is 0 Å². The molecule has 1 atom stereocenters. The summed E-state index contributed by atoms with van der Waals surface area (Å²) in [5.41, 5.74) is 0. The second-order valence-corrected chi connectivity index (χ2v) is 3.95. The van der Waals surface area contributed by atoms with E-state index in [0.29, 0.717) is 6.61 Å². The van der Waals surface area contributed by atoms with E-state index in [4.69, 9.17) is 4.74 Å². The van der Waals surface area contributed by atoms with E-state index in [0.717, 1.165) is 25.5 Å². The van der Waals surface area contributed by atoms with Crippen LogP contribution in [0.2, 0.25) is 0 Å². The Morgan fingerprint density at radius 3 is 2.65 bits per heavy atom. The van der Waals surface area contributed by atoms with Crippen molar-refractivity contribution in [3.8, 4) is 5.75 Å². The van der Waals surface area contributed by atoms with Gasteiger partial charge in [-0.05, 0) is 31.5 Å². The van der Waals surface area contributed by atoms with Crippen LogP contribution in [-0.2, 0) is 0 Å². The molecule has 4 heteroatoms. The zero-order chi connectivity index (χ0) is 12.7. The van der Waals surface area contributed by atoms with Crippen LogP contribution in [0.5, 0.6) is 5.75 Å². The zero-order valence-corrected chi connectivity index (χ0v) is 10.3. The number of rotatable bonds is 7. The van der Waals surface area contributed by atoms with Crippen LogP contribution in [0.4, 0.5) is 8.78 Å². The quantitative estimate of drug-likeness (QED) is 0.794. The van der Waals surface area contributed by atoms with Gasteiger partial charge in [-0.2, -0.15) is 0 Å². The maximum atomic E-state index is 13.3. The normalized spacial score (nSPS) is 12.5. The highest BCUT2D eigenvalue weighted by atomic mass is 19.1. The summed E-state index contributed by atoms with van der Waals surface area (Å²) in [6.45, 7) is 5.42. The molecule has 1 rings (SSSR count). The third-order valence-electron chi connectivity index (χ3n) is 2.51. The van der Waals surface area contributed by atoms with Gasteiger partial charge in [-0.25, -0.2) is 8.78 Å². The van der Waals surface area contributed by atoms with Gasteiger partial charge in [0.25, 0.3) is 0 Å². The van der Waals surface area contributed by atoms with Gasteiger partial charge in [-0.1, -0.05) is 13.8 Å². The lowest BCUT2D eigenvalue weighted by molar-refractivity contribution is 0.250. The molecule has 96 valence electrons. The van der Waals surface area contributed by atoms with Crippen molar-refractivity contribution in [1.82, 2.24) is 5.32 Å². The van der Waals surface area contributed by atoms with Gasteiger partial charge in [0.15, 0.2) is 11.6 Å². The van der Waals surface area contributed by atoms with Gasteiger partial charge in [0, 0.05) is 12.1 Å². The summed E-state index contributed by atoms with van der Waals surface area (Å²) in [6.07, 6.45) is 1.95. The average Bonchev–Trinajstić information content (AvgIpc) is 2.31. The maximum Gasteiger partial charge on any atom is 0.167 e. The first-order valence-electron chi connectivity index (χ1n) is 5.98. The predicted molar refractivity (Wildman–Crippen MR) is 64.2 cm³/mol.